The van der Waals surface area contributed by atoms with Crippen molar-refractivity contribution >= 4 is 17.9 Å². The van der Waals surface area contributed by atoms with Crippen molar-refractivity contribution in [3.8, 4) is 28.8 Å². The van der Waals surface area contributed by atoms with Gasteiger partial charge in [0.25, 0.3) is 11.8 Å². The van der Waals surface area contributed by atoms with Crippen LogP contribution in [0.5, 0.6) is 5.75 Å². The Bertz CT molecular complexity index is 1810. The van der Waals surface area contributed by atoms with Crippen molar-refractivity contribution in [1.29, 1.82) is 5.26 Å². The van der Waals surface area contributed by atoms with Crippen molar-refractivity contribution in [2.45, 2.75) is 51.7 Å². The number of amides is 2. The highest BCUT2D eigenvalue weighted by atomic mass is 19.1. The fraction of sp³-hybridized carbons (Fsp3) is 0.222. The van der Waals surface area contributed by atoms with Crippen LogP contribution in [0.3, 0.4) is 0 Å². The van der Waals surface area contributed by atoms with Gasteiger partial charge in [0.1, 0.15) is 35.5 Å². The number of hydrogen-bond donors (Lipinski definition) is 0. The minimum absolute atomic E-state index is 0.00499. The fourth-order valence-electron chi connectivity index (χ4n) is 5.84. The first kappa shape index (κ1) is 28.8. The largest absolute Gasteiger partial charge is 0.489 e. The Hall–Kier alpha value is -5.29. The van der Waals surface area contributed by atoms with Gasteiger partial charge in [-0.1, -0.05) is 61.7 Å². The van der Waals surface area contributed by atoms with Crippen LogP contribution in [0.4, 0.5) is 4.39 Å². The molecule has 44 heavy (non-hydrogen) atoms. The normalized spacial score (nSPS) is 16.8. The topological polar surface area (TPSA) is 88.2 Å². The molecule has 8 heteroatoms. The molecule has 0 bridgehead atoms. The number of carbonyl (C=O) groups excluding carboxylic acids is 2. The number of imide groups is 1. The predicted octanol–water partition coefficient (Wildman–Crippen LogP) is 7.18. The number of nitriles is 1. The maximum absolute atomic E-state index is 14.0. The van der Waals surface area contributed by atoms with Gasteiger partial charge in [-0.2, -0.15) is 10.4 Å². The lowest BCUT2D eigenvalue weighted by molar-refractivity contribution is -0.143. The smallest absolute Gasteiger partial charge is 0.271 e. The van der Waals surface area contributed by atoms with Crippen LogP contribution >= 0.6 is 0 Å². The van der Waals surface area contributed by atoms with Gasteiger partial charge in [-0.05, 0) is 73.4 Å². The SMILES string of the molecule is CC1=C(C#N)C(=O)N(C2CCCCC2)C(=O)/C1=C/c1cn(-c2ccccc2)nc1-c1cccc(OCc2ccc(F)cc2)c1. The number of ether oxygens (including phenoxy) is 1. The molecule has 2 heterocycles. The summed E-state index contributed by atoms with van der Waals surface area (Å²) in [6.45, 7) is 1.92. The number of benzene rings is 3. The zero-order valence-corrected chi connectivity index (χ0v) is 24.4. The average Bonchev–Trinajstić information content (AvgIpc) is 3.48. The Morgan fingerprint density at radius 1 is 0.977 bits per heavy atom. The number of para-hydroxylation sites is 1. The highest BCUT2D eigenvalue weighted by molar-refractivity contribution is 6.20. The molecule has 0 N–H and O–H groups in total. The second-order valence-electron chi connectivity index (χ2n) is 11.1. The van der Waals surface area contributed by atoms with E-state index in [1.54, 1.807) is 29.8 Å². The number of nitrogens with zero attached hydrogens (tertiary/aromatic N) is 4. The van der Waals surface area contributed by atoms with Crippen LogP contribution < -0.4 is 4.74 Å². The summed E-state index contributed by atoms with van der Waals surface area (Å²) in [5.41, 5.74) is 4.35. The Morgan fingerprint density at radius 2 is 1.73 bits per heavy atom. The van der Waals surface area contributed by atoms with E-state index in [9.17, 15) is 19.2 Å². The minimum atomic E-state index is -0.509. The van der Waals surface area contributed by atoms with E-state index >= 15 is 0 Å². The highest BCUT2D eigenvalue weighted by Crippen LogP contribution is 2.35. The third kappa shape index (κ3) is 5.82. The van der Waals surface area contributed by atoms with Crippen LogP contribution in [0.2, 0.25) is 0 Å². The van der Waals surface area contributed by atoms with Gasteiger partial charge in [0.2, 0.25) is 0 Å². The number of carbonyl (C=O) groups is 2. The zero-order valence-electron chi connectivity index (χ0n) is 24.4. The summed E-state index contributed by atoms with van der Waals surface area (Å²) in [4.78, 5) is 28.6. The third-order valence-corrected chi connectivity index (χ3v) is 8.20. The second kappa shape index (κ2) is 12.5. The van der Waals surface area contributed by atoms with Crippen LogP contribution in [0.15, 0.2) is 102 Å². The lowest BCUT2D eigenvalue weighted by Gasteiger charge is -2.36. The summed E-state index contributed by atoms with van der Waals surface area (Å²) in [6.07, 6.45) is 8.03. The molecule has 1 aliphatic carbocycles. The van der Waals surface area contributed by atoms with E-state index in [0.717, 1.165) is 48.9 Å². The molecule has 0 radical (unpaired) electrons. The Kier molecular flexibility index (Phi) is 8.20. The van der Waals surface area contributed by atoms with Crippen LogP contribution in [0, 0.1) is 17.1 Å². The molecule has 2 amide bonds. The van der Waals surface area contributed by atoms with Crippen LogP contribution in [-0.4, -0.2) is 32.5 Å². The Morgan fingerprint density at radius 3 is 2.45 bits per heavy atom. The molecule has 1 saturated carbocycles. The molecule has 0 atom stereocenters. The number of rotatable bonds is 7. The van der Waals surface area contributed by atoms with Gasteiger partial charge < -0.3 is 4.74 Å². The van der Waals surface area contributed by atoms with Crippen LogP contribution in [0.1, 0.15) is 50.2 Å². The molecule has 4 aromatic rings. The van der Waals surface area contributed by atoms with Crippen LogP contribution in [0.25, 0.3) is 23.0 Å². The van der Waals surface area contributed by atoms with Gasteiger partial charge in [0, 0.05) is 28.9 Å². The molecule has 0 unspecified atom stereocenters. The third-order valence-electron chi connectivity index (χ3n) is 8.20. The minimum Gasteiger partial charge on any atom is -0.489 e. The molecule has 220 valence electrons. The van der Waals surface area contributed by atoms with Gasteiger partial charge in [0.15, 0.2) is 0 Å². The molecule has 6 rings (SSSR count). The Labute approximate surface area is 255 Å². The molecular formula is C36H31FN4O3. The molecule has 1 aromatic heterocycles. The van der Waals surface area contributed by atoms with Crippen molar-refractivity contribution in [3.05, 3.63) is 119 Å². The standard InChI is InChI=1S/C36H31FN4O3/c1-24-32(35(42)41(36(43)33(24)21-38)30-12-6-3-7-13-30)20-27-22-40(29-10-4-2-5-11-29)39-34(27)26-9-8-14-31(19-26)44-23-25-15-17-28(37)18-16-25/h2,4-5,8-11,14-20,22,30H,3,6-7,12-13,23H2,1H3/b32-20+. The van der Waals surface area contributed by atoms with E-state index in [-0.39, 0.29) is 29.9 Å². The van der Waals surface area contributed by atoms with Gasteiger partial charge >= 0.3 is 0 Å². The van der Waals surface area contributed by atoms with E-state index < -0.39 is 5.91 Å². The van der Waals surface area contributed by atoms with Gasteiger partial charge in [-0.3, -0.25) is 14.5 Å². The molecular weight excluding hydrogens is 555 g/mol. The second-order valence-corrected chi connectivity index (χ2v) is 11.1. The predicted molar refractivity (Wildman–Crippen MR) is 165 cm³/mol. The van der Waals surface area contributed by atoms with E-state index in [1.165, 1.54) is 17.0 Å². The monoisotopic (exact) mass is 586 g/mol. The first-order valence-electron chi connectivity index (χ1n) is 14.8. The number of hydrogen-bond acceptors (Lipinski definition) is 5. The van der Waals surface area contributed by atoms with Crippen molar-refractivity contribution in [2.24, 2.45) is 0 Å². The summed E-state index contributed by atoms with van der Waals surface area (Å²) in [5.74, 6) is -0.593. The molecule has 1 aliphatic heterocycles. The highest BCUT2D eigenvalue weighted by Gasteiger charge is 2.40. The summed E-state index contributed by atoms with van der Waals surface area (Å²) in [7, 11) is 0. The molecule has 1 fully saturated rings. The summed E-state index contributed by atoms with van der Waals surface area (Å²) >= 11 is 0. The van der Waals surface area contributed by atoms with E-state index in [4.69, 9.17) is 9.84 Å². The quantitative estimate of drug-likeness (QED) is 0.169. The van der Waals surface area contributed by atoms with Crippen LogP contribution in [-0.2, 0) is 16.2 Å². The van der Waals surface area contributed by atoms with E-state index in [0.29, 0.717) is 28.2 Å². The van der Waals surface area contributed by atoms with E-state index in [1.807, 2.05) is 60.8 Å². The molecule has 3 aromatic carbocycles. The fourth-order valence-corrected chi connectivity index (χ4v) is 5.84. The molecule has 7 nitrogen and oxygen atoms in total. The maximum Gasteiger partial charge on any atom is 0.271 e. The summed E-state index contributed by atoms with van der Waals surface area (Å²) in [6, 6.07) is 25.1. The van der Waals surface area contributed by atoms with Gasteiger partial charge in [-0.25, -0.2) is 9.07 Å². The van der Waals surface area contributed by atoms with Gasteiger partial charge in [0.05, 0.1) is 5.69 Å². The van der Waals surface area contributed by atoms with Crippen molar-refractivity contribution in [3.63, 3.8) is 0 Å². The van der Waals surface area contributed by atoms with Crippen molar-refractivity contribution in [1.82, 2.24) is 14.7 Å². The first-order valence-corrected chi connectivity index (χ1v) is 14.8. The summed E-state index contributed by atoms with van der Waals surface area (Å²) < 4.78 is 21.1. The molecule has 0 spiro atoms. The lowest BCUT2D eigenvalue weighted by atomic mass is 9.88. The average molecular weight is 587 g/mol. The summed E-state index contributed by atoms with van der Waals surface area (Å²) in [5, 5.41) is 14.8. The van der Waals surface area contributed by atoms with E-state index in [2.05, 4.69) is 6.07 Å². The number of halogens is 1. The zero-order chi connectivity index (χ0) is 30.6. The van der Waals surface area contributed by atoms with Crippen molar-refractivity contribution < 1.29 is 18.7 Å². The van der Waals surface area contributed by atoms with Crippen molar-refractivity contribution in [2.75, 3.05) is 0 Å². The lowest BCUT2D eigenvalue weighted by Crippen LogP contribution is -2.49. The maximum atomic E-state index is 14.0. The number of aromatic nitrogens is 2. The molecule has 2 aliphatic rings. The van der Waals surface area contributed by atoms with Gasteiger partial charge in [-0.15, -0.1) is 0 Å². The Balaban J connectivity index is 1.42. The first-order chi connectivity index (χ1) is 21.4. The molecule has 0 saturated heterocycles.